The van der Waals surface area contributed by atoms with E-state index in [1.807, 2.05) is 18.3 Å². The van der Waals surface area contributed by atoms with E-state index < -0.39 is 0 Å². The van der Waals surface area contributed by atoms with Crippen LogP contribution in [0.1, 0.15) is 37.9 Å². The highest BCUT2D eigenvalue weighted by molar-refractivity contribution is 5.76. The highest BCUT2D eigenvalue weighted by atomic mass is 16.5. The van der Waals surface area contributed by atoms with Crippen LogP contribution in [-0.2, 0) is 4.74 Å². The molecule has 2 aliphatic rings. The second-order valence-electron chi connectivity index (χ2n) is 5.35. The molecule has 2 fully saturated rings. The lowest BCUT2D eigenvalue weighted by Gasteiger charge is -2.26. The van der Waals surface area contributed by atoms with Crippen molar-refractivity contribution in [1.29, 1.82) is 0 Å². The van der Waals surface area contributed by atoms with Crippen molar-refractivity contribution in [2.24, 2.45) is 4.99 Å². The standard InChI is InChI=1S/C15H22N2O2/c1-2-4-13(5-3-1)16-12-14-6-7-15(19-14)17-8-10-18-11-9-17/h6-7,12-13H,1-5,8-11H2. The molecule has 3 rings (SSSR count). The number of rotatable bonds is 3. The summed E-state index contributed by atoms with van der Waals surface area (Å²) in [6.07, 6.45) is 8.37. The lowest BCUT2D eigenvalue weighted by Crippen LogP contribution is -2.35. The minimum atomic E-state index is 0.505. The number of morpholine rings is 1. The van der Waals surface area contributed by atoms with E-state index >= 15 is 0 Å². The van der Waals surface area contributed by atoms with E-state index in [1.54, 1.807) is 0 Å². The van der Waals surface area contributed by atoms with Gasteiger partial charge in [-0.25, -0.2) is 0 Å². The first-order valence-electron chi connectivity index (χ1n) is 7.37. The van der Waals surface area contributed by atoms with E-state index in [4.69, 9.17) is 9.15 Å². The van der Waals surface area contributed by atoms with Gasteiger partial charge in [-0.15, -0.1) is 0 Å². The van der Waals surface area contributed by atoms with E-state index in [-0.39, 0.29) is 0 Å². The molecule has 1 saturated heterocycles. The molecule has 1 aliphatic heterocycles. The zero-order valence-corrected chi connectivity index (χ0v) is 11.4. The van der Waals surface area contributed by atoms with Crippen LogP contribution in [-0.4, -0.2) is 38.6 Å². The van der Waals surface area contributed by atoms with E-state index in [0.717, 1.165) is 37.9 Å². The second kappa shape index (κ2) is 6.24. The summed E-state index contributed by atoms with van der Waals surface area (Å²) in [4.78, 5) is 6.87. The molecule has 0 amide bonds. The molecule has 0 unspecified atom stereocenters. The SMILES string of the molecule is C(=NC1CCCCC1)c1ccc(N2CCOCC2)o1. The van der Waals surface area contributed by atoms with Crippen LogP contribution < -0.4 is 4.90 Å². The summed E-state index contributed by atoms with van der Waals surface area (Å²) in [5.74, 6) is 1.81. The van der Waals surface area contributed by atoms with Gasteiger partial charge in [-0.2, -0.15) is 0 Å². The number of hydrogen-bond acceptors (Lipinski definition) is 4. The molecule has 1 aliphatic carbocycles. The van der Waals surface area contributed by atoms with Gasteiger partial charge in [0.2, 0.25) is 0 Å². The number of anilines is 1. The molecule has 19 heavy (non-hydrogen) atoms. The van der Waals surface area contributed by atoms with E-state index in [2.05, 4.69) is 9.89 Å². The van der Waals surface area contributed by atoms with Crippen LogP contribution in [0, 0.1) is 0 Å². The second-order valence-corrected chi connectivity index (χ2v) is 5.35. The normalized spacial score (nSPS) is 22.2. The lowest BCUT2D eigenvalue weighted by molar-refractivity contribution is 0.120. The van der Waals surface area contributed by atoms with Gasteiger partial charge in [0.05, 0.1) is 25.5 Å². The highest BCUT2D eigenvalue weighted by Crippen LogP contribution is 2.21. The molecule has 0 atom stereocenters. The Hall–Kier alpha value is -1.29. The van der Waals surface area contributed by atoms with Crippen LogP contribution in [0.15, 0.2) is 21.5 Å². The van der Waals surface area contributed by atoms with Gasteiger partial charge in [0.25, 0.3) is 0 Å². The fourth-order valence-electron chi connectivity index (χ4n) is 2.77. The smallest absolute Gasteiger partial charge is 0.196 e. The van der Waals surface area contributed by atoms with Gasteiger partial charge in [0.15, 0.2) is 5.88 Å². The third-order valence-corrected chi connectivity index (χ3v) is 3.92. The first kappa shape index (κ1) is 12.7. The molecular formula is C15H22N2O2. The third kappa shape index (κ3) is 3.38. The van der Waals surface area contributed by atoms with E-state index in [9.17, 15) is 0 Å². The van der Waals surface area contributed by atoms with Crippen molar-refractivity contribution in [3.63, 3.8) is 0 Å². The largest absolute Gasteiger partial charge is 0.440 e. The van der Waals surface area contributed by atoms with Gasteiger partial charge < -0.3 is 14.1 Å². The molecule has 0 bridgehead atoms. The maximum absolute atomic E-state index is 5.84. The molecule has 0 radical (unpaired) electrons. The van der Waals surface area contributed by atoms with E-state index in [1.165, 1.54) is 32.1 Å². The lowest BCUT2D eigenvalue weighted by atomic mass is 9.96. The Morgan fingerprint density at radius 1 is 1.11 bits per heavy atom. The van der Waals surface area contributed by atoms with Gasteiger partial charge in [0.1, 0.15) is 5.76 Å². The van der Waals surface area contributed by atoms with Crippen LogP contribution in [0.3, 0.4) is 0 Å². The predicted octanol–water partition coefficient (Wildman–Crippen LogP) is 2.87. The fraction of sp³-hybridized carbons (Fsp3) is 0.667. The summed E-state index contributed by atoms with van der Waals surface area (Å²) < 4.78 is 11.2. The van der Waals surface area contributed by atoms with Crippen LogP contribution in [0.25, 0.3) is 0 Å². The van der Waals surface area contributed by atoms with Gasteiger partial charge in [-0.05, 0) is 18.9 Å². The number of nitrogens with zero attached hydrogens (tertiary/aromatic N) is 2. The third-order valence-electron chi connectivity index (χ3n) is 3.92. The minimum absolute atomic E-state index is 0.505. The zero-order valence-electron chi connectivity index (χ0n) is 11.4. The summed E-state index contributed by atoms with van der Waals surface area (Å²) in [6.45, 7) is 3.39. The Balaban J connectivity index is 1.59. The Kier molecular flexibility index (Phi) is 4.18. The van der Waals surface area contributed by atoms with Crippen LogP contribution in [0.5, 0.6) is 0 Å². The summed E-state index contributed by atoms with van der Waals surface area (Å²) in [5.41, 5.74) is 0. The molecule has 2 heterocycles. The molecule has 0 aromatic carbocycles. The monoisotopic (exact) mass is 262 g/mol. The van der Waals surface area contributed by atoms with Crippen LogP contribution in [0.4, 0.5) is 5.88 Å². The Morgan fingerprint density at radius 2 is 1.89 bits per heavy atom. The maximum atomic E-state index is 5.84. The van der Waals surface area contributed by atoms with Crippen LogP contribution >= 0.6 is 0 Å². The first-order valence-corrected chi connectivity index (χ1v) is 7.37. The van der Waals surface area contributed by atoms with Crippen molar-refractivity contribution in [1.82, 2.24) is 0 Å². The van der Waals surface area contributed by atoms with Gasteiger partial charge >= 0.3 is 0 Å². The van der Waals surface area contributed by atoms with Crippen molar-refractivity contribution < 1.29 is 9.15 Å². The number of hydrogen-bond donors (Lipinski definition) is 0. The van der Waals surface area contributed by atoms with Crippen molar-refractivity contribution in [2.45, 2.75) is 38.1 Å². The molecule has 0 N–H and O–H groups in total. The molecule has 1 saturated carbocycles. The average Bonchev–Trinajstić information content (AvgIpc) is 2.96. The molecule has 4 heteroatoms. The van der Waals surface area contributed by atoms with Gasteiger partial charge in [-0.1, -0.05) is 19.3 Å². The number of aliphatic imine (C=N–C) groups is 1. The molecular weight excluding hydrogens is 240 g/mol. The highest BCUT2D eigenvalue weighted by Gasteiger charge is 2.15. The van der Waals surface area contributed by atoms with Crippen LogP contribution in [0.2, 0.25) is 0 Å². The summed E-state index contributed by atoms with van der Waals surface area (Å²) >= 11 is 0. The van der Waals surface area contributed by atoms with Gasteiger partial charge in [0, 0.05) is 19.2 Å². The number of furan rings is 1. The fourth-order valence-corrected chi connectivity index (χ4v) is 2.77. The minimum Gasteiger partial charge on any atom is -0.440 e. The van der Waals surface area contributed by atoms with Crippen molar-refractivity contribution in [3.05, 3.63) is 17.9 Å². The molecule has 4 nitrogen and oxygen atoms in total. The molecule has 0 spiro atoms. The number of ether oxygens (including phenoxy) is 1. The maximum Gasteiger partial charge on any atom is 0.196 e. The Bertz CT molecular complexity index is 416. The van der Waals surface area contributed by atoms with Crippen molar-refractivity contribution in [3.8, 4) is 0 Å². The molecule has 1 aromatic heterocycles. The van der Waals surface area contributed by atoms with E-state index in [0.29, 0.717) is 6.04 Å². The molecule has 104 valence electrons. The Morgan fingerprint density at radius 3 is 2.68 bits per heavy atom. The topological polar surface area (TPSA) is 38.0 Å². The first-order chi connectivity index (χ1) is 9.42. The predicted molar refractivity (Wildman–Crippen MR) is 76.2 cm³/mol. The zero-order chi connectivity index (χ0) is 12.9. The summed E-state index contributed by atoms with van der Waals surface area (Å²) in [5, 5.41) is 0. The van der Waals surface area contributed by atoms with Crippen molar-refractivity contribution >= 4 is 12.1 Å². The summed E-state index contributed by atoms with van der Waals surface area (Å²) in [7, 11) is 0. The Labute approximate surface area is 114 Å². The molecule has 1 aromatic rings. The average molecular weight is 262 g/mol. The summed E-state index contributed by atoms with van der Waals surface area (Å²) in [6, 6.07) is 4.55. The van der Waals surface area contributed by atoms with Crippen molar-refractivity contribution in [2.75, 3.05) is 31.2 Å². The van der Waals surface area contributed by atoms with Gasteiger partial charge in [-0.3, -0.25) is 4.99 Å². The quantitative estimate of drug-likeness (QED) is 0.786.